The Morgan fingerprint density at radius 2 is 2.17 bits per heavy atom. The van der Waals surface area contributed by atoms with E-state index in [0.29, 0.717) is 18.1 Å². The molecule has 2 heterocycles. The van der Waals surface area contributed by atoms with Gasteiger partial charge in [0.15, 0.2) is 5.82 Å². The molecule has 1 aliphatic rings. The Bertz CT molecular complexity index is 625. The Labute approximate surface area is 134 Å². The highest BCUT2D eigenvalue weighted by atomic mass is 16.5. The van der Waals surface area contributed by atoms with Crippen LogP contribution in [0.4, 0.5) is 10.6 Å². The standard InChI is InChI=1S/C15H22N4O4/c1-9(2)5-6-15(4)13(21)19(14(22)17-15)8-12(20)16-11-7-10(3)23-18-11/h7,9H,5-6,8H2,1-4H3,(H,17,22)(H,16,18,20)/t15-/m0/s1. The molecule has 2 N–H and O–H groups in total. The predicted molar refractivity (Wildman–Crippen MR) is 82.6 cm³/mol. The lowest BCUT2D eigenvalue weighted by atomic mass is 9.92. The van der Waals surface area contributed by atoms with Gasteiger partial charge in [-0.05, 0) is 32.6 Å². The van der Waals surface area contributed by atoms with Crippen molar-refractivity contribution >= 4 is 23.7 Å². The maximum absolute atomic E-state index is 12.5. The molecule has 23 heavy (non-hydrogen) atoms. The predicted octanol–water partition coefficient (Wildman–Crippen LogP) is 1.67. The number of nitrogens with zero attached hydrogens (tertiary/aromatic N) is 2. The minimum absolute atomic E-state index is 0.252. The summed E-state index contributed by atoms with van der Waals surface area (Å²) in [6.07, 6.45) is 1.34. The van der Waals surface area contributed by atoms with Crippen LogP contribution in [0.5, 0.6) is 0 Å². The van der Waals surface area contributed by atoms with Gasteiger partial charge in [0, 0.05) is 6.07 Å². The molecule has 1 fully saturated rings. The molecule has 1 aliphatic heterocycles. The molecule has 0 aliphatic carbocycles. The first-order valence-electron chi connectivity index (χ1n) is 7.58. The summed E-state index contributed by atoms with van der Waals surface area (Å²) in [5.41, 5.74) is -0.952. The number of imide groups is 1. The highest BCUT2D eigenvalue weighted by Crippen LogP contribution is 2.24. The van der Waals surface area contributed by atoms with Gasteiger partial charge in [0.2, 0.25) is 5.91 Å². The number of amides is 4. The fourth-order valence-corrected chi connectivity index (χ4v) is 2.39. The second-order valence-corrected chi connectivity index (χ2v) is 6.46. The van der Waals surface area contributed by atoms with Crippen LogP contribution in [0.2, 0.25) is 0 Å². The van der Waals surface area contributed by atoms with Crippen LogP contribution in [0.1, 0.15) is 39.4 Å². The monoisotopic (exact) mass is 322 g/mol. The zero-order valence-corrected chi connectivity index (χ0v) is 13.8. The number of aromatic nitrogens is 1. The molecule has 1 atom stereocenters. The summed E-state index contributed by atoms with van der Waals surface area (Å²) in [5, 5.41) is 8.81. The van der Waals surface area contributed by atoms with Gasteiger partial charge in [-0.25, -0.2) is 4.79 Å². The van der Waals surface area contributed by atoms with Crippen molar-refractivity contribution in [1.29, 1.82) is 0 Å². The summed E-state index contributed by atoms with van der Waals surface area (Å²) in [4.78, 5) is 37.4. The van der Waals surface area contributed by atoms with E-state index in [0.717, 1.165) is 11.3 Å². The highest BCUT2D eigenvalue weighted by Gasteiger charge is 2.47. The average molecular weight is 322 g/mol. The van der Waals surface area contributed by atoms with Gasteiger partial charge in [0.1, 0.15) is 17.8 Å². The Kier molecular flexibility index (Phi) is 4.72. The maximum atomic E-state index is 12.5. The highest BCUT2D eigenvalue weighted by molar-refractivity contribution is 6.09. The van der Waals surface area contributed by atoms with Crippen LogP contribution < -0.4 is 10.6 Å². The molecule has 0 spiro atoms. The molecular formula is C15H22N4O4. The Hall–Kier alpha value is -2.38. The Morgan fingerprint density at radius 1 is 1.48 bits per heavy atom. The Morgan fingerprint density at radius 3 is 2.74 bits per heavy atom. The zero-order chi connectivity index (χ0) is 17.2. The van der Waals surface area contributed by atoms with Crippen LogP contribution in [-0.2, 0) is 9.59 Å². The topological polar surface area (TPSA) is 105 Å². The SMILES string of the molecule is Cc1cc(NC(=O)CN2C(=O)N[C@@](C)(CCC(C)C)C2=O)no1. The van der Waals surface area contributed by atoms with Crippen molar-refractivity contribution in [1.82, 2.24) is 15.4 Å². The number of carbonyl (C=O) groups excluding carboxylic acids is 3. The summed E-state index contributed by atoms with van der Waals surface area (Å²) in [7, 11) is 0. The molecule has 0 saturated carbocycles. The van der Waals surface area contributed by atoms with Crippen molar-refractivity contribution in [2.45, 2.75) is 46.1 Å². The third kappa shape index (κ3) is 3.88. The van der Waals surface area contributed by atoms with Crippen molar-refractivity contribution in [3.63, 3.8) is 0 Å². The van der Waals surface area contributed by atoms with E-state index in [4.69, 9.17) is 4.52 Å². The van der Waals surface area contributed by atoms with E-state index in [1.807, 2.05) is 0 Å². The normalized spacial score (nSPS) is 21.0. The molecule has 1 saturated heterocycles. The van der Waals surface area contributed by atoms with Crippen LogP contribution in [-0.4, -0.2) is 40.0 Å². The zero-order valence-electron chi connectivity index (χ0n) is 13.8. The van der Waals surface area contributed by atoms with E-state index >= 15 is 0 Å². The first-order chi connectivity index (χ1) is 10.7. The summed E-state index contributed by atoms with van der Waals surface area (Å²) in [6, 6.07) is 1.00. The van der Waals surface area contributed by atoms with Crippen molar-refractivity contribution in [2.75, 3.05) is 11.9 Å². The van der Waals surface area contributed by atoms with Gasteiger partial charge in [-0.2, -0.15) is 0 Å². The van der Waals surface area contributed by atoms with E-state index in [2.05, 4.69) is 29.6 Å². The number of carbonyl (C=O) groups is 3. The second kappa shape index (κ2) is 6.39. The molecule has 1 aromatic heterocycles. The van der Waals surface area contributed by atoms with E-state index in [1.165, 1.54) is 0 Å². The molecule has 0 aromatic carbocycles. The van der Waals surface area contributed by atoms with Crippen LogP contribution in [0.3, 0.4) is 0 Å². The third-order valence-electron chi connectivity index (χ3n) is 3.76. The first kappa shape index (κ1) is 17.0. The summed E-state index contributed by atoms with van der Waals surface area (Å²) >= 11 is 0. The van der Waals surface area contributed by atoms with Crippen LogP contribution >= 0.6 is 0 Å². The van der Waals surface area contributed by atoms with Crippen LogP contribution in [0.25, 0.3) is 0 Å². The molecule has 8 nitrogen and oxygen atoms in total. The molecule has 2 rings (SSSR count). The minimum Gasteiger partial charge on any atom is -0.360 e. The fraction of sp³-hybridized carbons (Fsp3) is 0.600. The van der Waals surface area contributed by atoms with Gasteiger partial charge in [-0.15, -0.1) is 0 Å². The lowest BCUT2D eigenvalue weighted by Gasteiger charge is -2.22. The quantitative estimate of drug-likeness (QED) is 0.775. The van der Waals surface area contributed by atoms with E-state index in [-0.39, 0.29) is 18.3 Å². The minimum atomic E-state index is -0.952. The lowest BCUT2D eigenvalue weighted by Crippen LogP contribution is -2.44. The van der Waals surface area contributed by atoms with Crippen molar-refractivity contribution < 1.29 is 18.9 Å². The first-order valence-corrected chi connectivity index (χ1v) is 7.58. The number of urea groups is 1. The van der Waals surface area contributed by atoms with Gasteiger partial charge in [-0.3, -0.25) is 14.5 Å². The average Bonchev–Trinajstić information content (AvgIpc) is 2.94. The molecule has 0 unspecified atom stereocenters. The van der Waals surface area contributed by atoms with Crippen molar-refractivity contribution in [2.24, 2.45) is 5.92 Å². The summed E-state index contributed by atoms with van der Waals surface area (Å²) in [5.74, 6) is 0.340. The summed E-state index contributed by atoms with van der Waals surface area (Å²) < 4.78 is 4.84. The van der Waals surface area contributed by atoms with Crippen molar-refractivity contribution in [3.05, 3.63) is 11.8 Å². The number of hydrogen-bond donors (Lipinski definition) is 2. The number of nitrogens with one attached hydrogen (secondary N) is 2. The molecule has 1 aromatic rings. The smallest absolute Gasteiger partial charge is 0.325 e. The van der Waals surface area contributed by atoms with E-state index < -0.39 is 17.5 Å². The second-order valence-electron chi connectivity index (χ2n) is 6.46. The number of anilines is 1. The molecule has 0 radical (unpaired) electrons. The molecule has 0 bridgehead atoms. The number of hydrogen-bond acceptors (Lipinski definition) is 5. The Balaban J connectivity index is 1.98. The summed E-state index contributed by atoms with van der Waals surface area (Å²) in [6.45, 7) is 7.13. The lowest BCUT2D eigenvalue weighted by molar-refractivity contribution is -0.133. The van der Waals surface area contributed by atoms with Crippen molar-refractivity contribution in [3.8, 4) is 0 Å². The maximum Gasteiger partial charge on any atom is 0.325 e. The van der Waals surface area contributed by atoms with E-state index in [1.54, 1.807) is 19.9 Å². The number of rotatable bonds is 6. The molecule has 8 heteroatoms. The molecule has 126 valence electrons. The van der Waals surface area contributed by atoms with Gasteiger partial charge < -0.3 is 15.2 Å². The van der Waals surface area contributed by atoms with Gasteiger partial charge in [0.05, 0.1) is 0 Å². The van der Waals surface area contributed by atoms with Gasteiger partial charge >= 0.3 is 6.03 Å². The van der Waals surface area contributed by atoms with Crippen LogP contribution in [0, 0.1) is 12.8 Å². The van der Waals surface area contributed by atoms with E-state index in [9.17, 15) is 14.4 Å². The molecular weight excluding hydrogens is 300 g/mol. The third-order valence-corrected chi connectivity index (χ3v) is 3.76. The molecule has 4 amide bonds. The largest absolute Gasteiger partial charge is 0.360 e. The van der Waals surface area contributed by atoms with Gasteiger partial charge in [-0.1, -0.05) is 19.0 Å². The van der Waals surface area contributed by atoms with Crippen LogP contribution in [0.15, 0.2) is 10.6 Å². The number of aryl methyl sites for hydroxylation is 1. The fourth-order valence-electron chi connectivity index (χ4n) is 2.39. The van der Waals surface area contributed by atoms with Gasteiger partial charge in [0.25, 0.3) is 5.91 Å².